The van der Waals surface area contributed by atoms with E-state index in [9.17, 15) is 26.3 Å². The van der Waals surface area contributed by atoms with E-state index < -0.39 is 47.3 Å². The fourth-order valence-corrected chi connectivity index (χ4v) is 4.27. The normalized spacial score (nSPS) is 24.1. The van der Waals surface area contributed by atoms with Gasteiger partial charge in [0, 0.05) is 11.6 Å². The van der Waals surface area contributed by atoms with Gasteiger partial charge in [-0.2, -0.15) is 22.0 Å². The van der Waals surface area contributed by atoms with Crippen molar-refractivity contribution >= 4 is 0 Å². The fourth-order valence-electron chi connectivity index (χ4n) is 4.27. The number of pyridine rings is 1. The summed E-state index contributed by atoms with van der Waals surface area (Å²) in [5.41, 5.74) is -0.438. The minimum Gasteiger partial charge on any atom is -0.427 e. The van der Waals surface area contributed by atoms with Crippen molar-refractivity contribution in [3.8, 4) is 5.75 Å². The molecule has 1 saturated heterocycles. The Balaban J connectivity index is 1.47. The molecule has 3 unspecified atom stereocenters. The summed E-state index contributed by atoms with van der Waals surface area (Å²) in [7, 11) is 0. The first-order valence-electron chi connectivity index (χ1n) is 11.8. The summed E-state index contributed by atoms with van der Waals surface area (Å²) in [6.45, 7) is 2.04. The standard InChI is InChI=1S/C24H31F6NO3/c1-2-3-4-5-6-18-10-9-17(15-32-18)24(29,30)33-19-11-7-16(8-12-19)23(27,28)34-20-13-21(25)22(26)31-14-20/h7,13-14,17-19H,2-6,8-12,15H2,1H3. The Morgan fingerprint density at radius 2 is 1.88 bits per heavy atom. The molecule has 0 amide bonds. The lowest BCUT2D eigenvalue weighted by atomic mass is 9.93. The Hall–Kier alpha value is -1.81. The van der Waals surface area contributed by atoms with Gasteiger partial charge < -0.3 is 14.2 Å². The van der Waals surface area contributed by atoms with E-state index in [0.717, 1.165) is 38.2 Å². The van der Waals surface area contributed by atoms with Crippen LogP contribution in [0.3, 0.4) is 0 Å². The van der Waals surface area contributed by atoms with Crippen LogP contribution in [-0.2, 0) is 9.47 Å². The lowest BCUT2D eigenvalue weighted by Gasteiger charge is -2.36. The average molecular weight is 496 g/mol. The maximum Gasteiger partial charge on any atom is 0.422 e. The van der Waals surface area contributed by atoms with Crippen LogP contribution in [0.25, 0.3) is 0 Å². The minimum atomic E-state index is -3.82. The molecule has 4 nitrogen and oxygen atoms in total. The Morgan fingerprint density at radius 3 is 2.50 bits per heavy atom. The Morgan fingerprint density at radius 1 is 1.09 bits per heavy atom. The van der Waals surface area contributed by atoms with E-state index in [1.165, 1.54) is 0 Å². The van der Waals surface area contributed by atoms with Gasteiger partial charge in [-0.05, 0) is 38.5 Å². The number of alkyl halides is 4. The summed E-state index contributed by atoms with van der Waals surface area (Å²) in [5, 5.41) is 0. The minimum absolute atomic E-state index is 0.00362. The van der Waals surface area contributed by atoms with Crippen LogP contribution in [0.1, 0.15) is 71.1 Å². The van der Waals surface area contributed by atoms with Gasteiger partial charge in [-0.3, -0.25) is 0 Å². The molecule has 0 N–H and O–H groups in total. The molecule has 3 rings (SSSR count). The van der Waals surface area contributed by atoms with Gasteiger partial charge in [-0.15, -0.1) is 0 Å². The predicted molar refractivity (Wildman–Crippen MR) is 113 cm³/mol. The zero-order valence-corrected chi connectivity index (χ0v) is 19.2. The van der Waals surface area contributed by atoms with Crippen molar-refractivity contribution < 1.29 is 40.6 Å². The summed E-state index contributed by atoms with van der Waals surface area (Å²) >= 11 is 0. The van der Waals surface area contributed by atoms with Gasteiger partial charge in [0.25, 0.3) is 0 Å². The molecule has 0 radical (unpaired) electrons. The number of aromatic nitrogens is 1. The second-order valence-electron chi connectivity index (χ2n) is 8.95. The number of nitrogens with zero attached hydrogens (tertiary/aromatic N) is 1. The van der Waals surface area contributed by atoms with E-state index in [-0.39, 0.29) is 38.4 Å². The van der Waals surface area contributed by atoms with Crippen LogP contribution in [0.4, 0.5) is 26.3 Å². The van der Waals surface area contributed by atoms with E-state index in [4.69, 9.17) is 9.47 Å². The number of unbranched alkanes of at least 4 members (excludes halogenated alkanes) is 3. The second-order valence-corrected chi connectivity index (χ2v) is 8.95. The molecule has 0 aromatic carbocycles. The van der Waals surface area contributed by atoms with E-state index in [2.05, 4.69) is 16.6 Å². The lowest BCUT2D eigenvalue weighted by Crippen LogP contribution is -2.42. The molecule has 1 aromatic rings. The maximum absolute atomic E-state index is 14.7. The molecular formula is C24H31F6NO3. The van der Waals surface area contributed by atoms with E-state index in [0.29, 0.717) is 18.7 Å². The fraction of sp³-hybridized carbons (Fsp3) is 0.708. The quantitative estimate of drug-likeness (QED) is 0.141. The van der Waals surface area contributed by atoms with Gasteiger partial charge in [-0.1, -0.05) is 38.7 Å². The molecule has 10 heteroatoms. The molecule has 1 aromatic heterocycles. The average Bonchev–Trinajstić information content (AvgIpc) is 2.79. The molecule has 1 fully saturated rings. The summed E-state index contributed by atoms with van der Waals surface area (Å²) in [6.07, 6.45) is -0.748. The third-order valence-corrected chi connectivity index (χ3v) is 6.30. The first-order valence-corrected chi connectivity index (χ1v) is 11.8. The van der Waals surface area contributed by atoms with Crippen molar-refractivity contribution in [1.29, 1.82) is 0 Å². The van der Waals surface area contributed by atoms with Gasteiger partial charge in [0.1, 0.15) is 5.75 Å². The van der Waals surface area contributed by atoms with Crippen LogP contribution in [0.15, 0.2) is 23.9 Å². The van der Waals surface area contributed by atoms with Crippen molar-refractivity contribution in [3.63, 3.8) is 0 Å². The molecule has 1 aliphatic heterocycles. The van der Waals surface area contributed by atoms with Crippen molar-refractivity contribution in [3.05, 3.63) is 35.7 Å². The van der Waals surface area contributed by atoms with Gasteiger partial charge in [0.15, 0.2) is 5.82 Å². The number of ether oxygens (including phenoxy) is 3. The molecule has 0 saturated carbocycles. The van der Waals surface area contributed by atoms with Crippen molar-refractivity contribution in [1.82, 2.24) is 4.98 Å². The zero-order valence-electron chi connectivity index (χ0n) is 19.2. The summed E-state index contributed by atoms with van der Waals surface area (Å²) in [6, 6.07) is 0.466. The summed E-state index contributed by atoms with van der Waals surface area (Å²) in [5.74, 6) is -4.57. The van der Waals surface area contributed by atoms with Gasteiger partial charge >= 0.3 is 12.2 Å². The maximum atomic E-state index is 14.7. The summed E-state index contributed by atoms with van der Waals surface area (Å²) < 4.78 is 99.4. The smallest absolute Gasteiger partial charge is 0.422 e. The third-order valence-electron chi connectivity index (χ3n) is 6.30. The van der Waals surface area contributed by atoms with E-state index in [1.807, 2.05) is 0 Å². The first-order chi connectivity index (χ1) is 16.1. The highest BCUT2D eigenvalue weighted by Crippen LogP contribution is 2.40. The van der Waals surface area contributed by atoms with Gasteiger partial charge in [-0.25, -0.2) is 9.37 Å². The lowest BCUT2D eigenvalue weighted by molar-refractivity contribution is -0.308. The van der Waals surface area contributed by atoms with Crippen molar-refractivity contribution in [2.75, 3.05) is 6.61 Å². The highest BCUT2D eigenvalue weighted by atomic mass is 19.3. The zero-order chi connectivity index (χ0) is 24.8. The number of hydrogen-bond acceptors (Lipinski definition) is 4. The number of rotatable bonds is 11. The first kappa shape index (κ1) is 26.8. The van der Waals surface area contributed by atoms with Crippen LogP contribution in [0.2, 0.25) is 0 Å². The molecule has 1 aliphatic carbocycles. The molecule has 0 bridgehead atoms. The van der Waals surface area contributed by atoms with Crippen molar-refractivity contribution in [2.45, 2.75) is 95.6 Å². The molecule has 34 heavy (non-hydrogen) atoms. The monoisotopic (exact) mass is 495 g/mol. The predicted octanol–water partition coefficient (Wildman–Crippen LogP) is 7.19. The molecule has 2 heterocycles. The van der Waals surface area contributed by atoms with Crippen LogP contribution >= 0.6 is 0 Å². The topological polar surface area (TPSA) is 40.6 Å². The van der Waals surface area contributed by atoms with Gasteiger partial charge in [0.2, 0.25) is 5.95 Å². The van der Waals surface area contributed by atoms with E-state index in [1.54, 1.807) is 0 Å². The third kappa shape index (κ3) is 7.34. The molecular weight excluding hydrogens is 464 g/mol. The Labute approximate surface area is 195 Å². The molecule has 3 atom stereocenters. The van der Waals surface area contributed by atoms with Crippen molar-refractivity contribution in [2.24, 2.45) is 5.92 Å². The highest BCUT2D eigenvalue weighted by Gasteiger charge is 2.46. The Bertz CT molecular complexity index is 827. The molecule has 0 spiro atoms. The molecule has 2 aliphatic rings. The van der Waals surface area contributed by atoms with Crippen LogP contribution in [0.5, 0.6) is 5.75 Å². The van der Waals surface area contributed by atoms with Gasteiger partial charge in [0.05, 0.1) is 30.9 Å². The second kappa shape index (κ2) is 11.7. The molecule has 192 valence electrons. The van der Waals surface area contributed by atoms with Crippen LogP contribution < -0.4 is 4.74 Å². The number of halogens is 6. The Kier molecular flexibility index (Phi) is 9.26. The number of hydrogen-bond donors (Lipinski definition) is 0. The van der Waals surface area contributed by atoms with Crippen LogP contribution in [-0.4, -0.2) is 36.0 Å². The highest BCUT2D eigenvalue weighted by molar-refractivity contribution is 5.22. The largest absolute Gasteiger partial charge is 0.427 e. The van der Waals surface area contributed by atoms with E-state index >= 15 is 0 Å². The SMILES string of the molecule is CCCCCCC1CCC(C(F)(F)OC2CC=C(C(F)(F)Oc3cnc(F)c(F)c3)CC2)CO1. The van der Waals surface area contributed by atoms with Crippen LogP contribution in [0, 0.1) is 17.7 Å². The summed E-state index contributed by atoms with van der Waals surface area (Å²) in [4.78, 5) is 3.00.